The van der Waals surface area contributed by atoms with Crippen LogP contribution in [-0.2, 0) is 9.47 Å². The van der Waals surface area contributed by atoms with Gasteiger partial charge in [-0.2, -0.15) is 0 Å². The second-order valence-electron chi connectivity index (χ2n) is 6.11. The molecule has 4 rings (SSSR count). The summed E-state index contributed by atoms with van der Waals surface area (Å²) >= 11 is 0. The first-order valence-corrected chi connectivity index (χ1v) is 7.92. The van der Waals surface area contributed by atoms with Crippen molar-refractivity contribution in [2.45, 2.75) is 51.0 Å². The standard InChI is InChI=1S/C15H21N5O2/c1-3-9-11-14(22-15(9,4-2)5-6-21-11)20-8-19-10-12(16)17-7-18-13(10)20/h7-9,11,14H,3-6H2,1-2H3,(H2,16,17,18)/t9?,11-,14+,15+/m0/s1. The Hall–Kier alpha value is -1.73. The van der Waals surface area contributed by atoms with Gasteiger partial charge in [-0.15, -0.1) is 0 Å². The normalized spacial score (nSPS) is 34.4. The number of nitrogens with two attached hydrogens (primary N) is 1. The lowest BCUT2D eigenvalue weighted by Gasteiger charge is -2.37. The van der Waals surface area contributed by atoms with Gasteiger partial charge >= 0.3 is 0 Å². The summed E-state index contributed by atoms with van der Waals surface area (Å²) in [6.07, 6.45) is 6.01. The number of aromatic nitrogens is 4. The van der Waals surface area contributed by atoms with E-state index in [4.69, 9.17) is 15.2 Å². The molecule has 22 heavy (non-hydrogen) atoms. The molecule has 2 aliphatic rings. The van der Waals surface area contributed by atoms with Gasteiger partial charge < -0.3 is 15.2 Å². The van der Waals surface area contributed by atoms with Gasteiger partial charge in [-0.1, -0.05) is 13.8 Å². The fraction of sp³-hybridized carbons (Fsp3) is 0.667. The highest BCUT2D eigenvalue weighted by Crippen LogP contribution is 2.51. The molecule has 0 saturated carbocycles. The van der Waals surface area contributed by atoms with Crippen LogP contribution in [0.25, 0.3) is 11.2 Å². The summed E-state index contributed by atoms with van der Waals surface area (Å²) in [5.41, 5.74) is 7.10. The Morgan fingerprint density at radius 2 is 2.23 bits per heavy atom. The Morgan fingerprint density at radius 1 is 1.36 bits per heavy atom. The van der Waals surface area contributed by atoms with E-state index in [0.717, 1.165) is 25.9 Å². The van der Waals surface area contributed by atoms with Gasteiger partial charge in [-0.05, 0) is 12.8 Å². The molecule has 2 aromatic rings. The summed E-state index contributed by atoms with van der Waals surface area (Å²) in [7, 11) is 0. The maximum Gasteiger partial charge on any atom is 0.167 e. The molecule has 0 amide bonds. The van der Waals surface area contributed by atoms with Crippen molar-refractivity contribution in [1.29, 1.82) is 0 Å². The van der Waals surface area contributed by atoms with Crippen molar-refractivity contribution in [3.63, 3.8) is 0 Å². The van der Waals surface area contributed by atoms with Gasteiger partial charge in [0, 0.05) is 18.9 Å². The maximum absolute atomic E-state index is 6.51. The molecule has 118 valence electrons. The first-order chi connectivity index (χ1) is 10.7. The number of imidazole rings is 1. The molecule has 2 fully saturated rings. The van der Waals surface area contributed by atoms with E-state index in [9.17, 15) is 0 Å². The molecule has 2 aliphatic heterocycles. The third kappa shape index (κ3) is 1.72. The molecule has 4 atom stereocenters. The van der Waals surface area contributed by atoms with E-state index in [1.54, 1.807) is 6.33 Å². The second kappa shape index (κ2) is 4.89. The summed E-state index contributed by atoms with van der Waals surface area (Å²) in [6, 6.07) is 0. The number of hydrogen-bond acceptors (Lipinski definition) is 6. The van der Waals surface area contributed by atoms with Gasteiger partial charge in [0.25, 0.3) is 0 Å². The van der Waals surface area contributed by atoms with Crippen LogP contribution in [0.1, 0.15) is 39.3 Å². The number of anilines is 1. The van der Waals surface area contributed by atoms with E-state index < -0.39 is 0 Å². The van der Waals surface area contributed by atoms with Crippen LogP contribution in [0.15, 0.2) is 12.7 Å². The van der Waals surface area contributed by atoms with E-state index in [2.05, 4.69) is 28.8 Å². The van der Waals surface area contributed by atoms with Crippen LogP contribution < -0.4 is 5.73 Å². The molecular weight excluding hydrogens is 282 g/mol. The molecule has 2 bridgehead atoms. The molecule has 7 heteroatoms. The van der Waals surface area contributed by atoms with Crippen molar-refractivity contribution in [3.8, 4) is 0 Å². The van der Waals surface area contributed by atoms with E-state index in [0.29, 0.717) is 22.9 Å². The third-order valence-electron chi connectivity index (χ3n) is 5.24. The minimum Gasteiger partial charge on any atom is -0.382 e. The van der Waals surface area contributed by atoms with Gasteiger partial charge in [-0.25, -0.2) is 15.0 Å². The highest BCUT2D eigenvalue weighted by Gasteiger charge is 2.56. The van der Waals surface area contributed by atoms with Crippen molar-refractivity contribution in [2.75, 3.05) is 12.3 Å². The Balaban J connectivity index is 1.81. The minimum absolute atomic E-state index is 0.0345. The average molecular weight is 303 g/mol. The van der Waals surface area contributed by atoms with Crippen LogP contribution in [0, 0.1) is 5.92 Å². The highest BCUT2D eigenvalue weighted by atomic mass is 16.6. The molecule has 0 spiro atoms. The van der Waals surface area contributed by atoms with E-state index in [1.165, 1.54) is 6.33 Å². The SMILES string of the molecule is CCC1[C@@H]2OCC[C@@]1(CC)O[C@H]2n1cnc2c(N)ncnc21. The molecular formula is C15H21N5O2. The van der Waals surface area contributed by atoms with Crippen LogP contribution in [0.5, 0.6) is 0 Å². The number of ether oxygens (including phenoxy) is 2. The van der Waals surface area contributed by atoms with Crippen LogP contribution >= 0.6 is 0 Å². The molecule has 4 heterocycles. The Bertz CT molecular complexity index is 702. The molecule has 0 aliphatic carbocycles. The molecule has 2 N–H and O–H groups in total. The van der Waals surface area contributed by atoms with Crippen LogP contribution in [-0.4, -0.2) is 37.8 Å². The fourth-order valence-corrected chi connectivity index (χ4v) is 4.10. The quantitative estimate of drug-likeness (QED) is 0.931. The lowest BCUT2D eigenvalue weighted by Crippen LogP contribution is -2.43. The van der Waals surface area contributed by atoms with E-state index in [-0.39, 0.29) is 17.9 Å². The molecule has 0 radical (unpaired) electrons. The molecule has 1 unspecified atom stereocenters. The summed E-state index contributed by atoms with van der Waals surface area (Å²) in [4.78, 5) is 12.7. The van der Waals surface area contributed by atoms with Gasteiger partial charge in [0.1, 0.15) is 17.9 Å². The van der Waals surface area contributed by atoms with E-state index in [1.807, 2.05) is 4.57 Å². The number of rotatable bonds is 3. The predicted octanol–water partition coefficient (Wildman–Crippen LogP) is 1.90. The zero-order valence-corrected chi connectivity index (χ0v) is 12.9. The van der Waals surface area contributed by atoms with Crippen molar-refractivity contribution >= 4 is 17.0 Å². The van der Waals surface area contributed by atoms with Crippen molar-refractivity contribution in [1.82, 2.24) is 19.5 Å². The first-order valence-electron chi connectivity index (χ1n) is 7.92. The summed E-state index contributed by atoms with van der Waals surface area (Å²) in [6.45, 7) is 5.14. The largest absolute Gasteiger partial charge is 0.382 e. The molecule has 7 nitrogen and oxygen atoms in total. The summed E-state index contributed by atoms with van der Waals surface area (Å²) in [5, 5.41) is 0. The third-order valence-corrected chi connectivity index (χ3v) is 5.24. The highest BCUT2D eigenvalue weighted by molar-refractivity contribution is 5.81. The number of fused-ring (bicyclic) bond motifs is 3. The number of nitrogen functional groups attached to an aromatic ring is 1. The average Bonchev–Trinajstić information content (AvgIpc) is 3.03. The number of hydrogen-bond donors (Lipinski definition) is 1. The lowest BCUT2D eigenvalue weighted by atomic mass is 9.78. The van der Waals surface area contributed by atoms with Crippen LogP contribution in [0.3, 0.4) is 0 Å². The topological polar surface area (TPSA) is 88.1 Å². The van der Waals surface area contributed by atoms with Crippen molar-refractivity contribution < 1.29 is 9.47 Å². The summed E-state index contributed by atoms with van der Waals surface area (Å²) in [5.74, 6) is 0.788. The van der Waals surface area contributed by atoms with Crippen LogP contribution in [0.4, 0.5) is 5.82 Å². The van der Waals surface area contributed by atoms with Gasteiger partial charge in [0.15, 0.2) is 17.7 Å². The van der Waals surface area contributed by atoms with Gasteiger partial charge in [-0.3, -0.25) is 4.57 Å². The predicted molar refractivity (Wildman–Crippen MR) is 81.0 cm³/mol. The Morgan fingerprint density at radius 3 is 2.95 bits per heavy atom. The molecule has 2 aromatic heterocycles. The number of nitrogens with zero attached hydrogens (tertiary/aromatic N) is 4. The van der Waals surface area contributed by atoms with E-state index >= 15 is 0 Å². The smallest absolute Gasteiger partial charge is 0.167 e. The van der Waals surface area contributed by atoms with Crippen molar-refractivity contribution in [3.05, 3.63) is 12.7 Å². The zero-order valence-electron chi connectivity index (χ0n) is 12.9. The maximum atomic E-state index is 6.51. The molecule has 0 aromatic carbocycles. The monoisotopic (exact) mass is 303 g/mol. The molecule has 2 saturated heterocycles. The Labute approximate surface area is 128 Å². The Kier molecular flexibility index (Phi) is 3.09. The summed E-state index contributed by atoms with van der Waals surface area (Å²) < 4.78 is 14.5. The minimum atomic E-state index is -0.202. The lowest BCUT2D eigenvalue weighted by molar-refractivity contribution is -0.0901. The van der Waals surface area contributed by atoms with Crippen molar-refractivity contribution in [2.24, 2.45) is 5.92 Å². The second-order valence-corrected chi connectivity index (χ2v) is 6.11. The first kappa shape index (κ1) is 13.9. The van der Waals surface area contributed by atoms with Crippen LogP contribution in [0.2, 0.25) is 0 Å². The van der Waals surface area contributed by atoms with Gasteiger partial charge in [0.05, 0.1) is 11.9 Å². The zero-order chi connectivity index (χ0) is 15.3. The van der Waals surface area contributed by atoms with Gasteiger partial charge in [0.2, 0.25) is 0 Å². The fourth-order valence-electron chi connectivity index (χ4n) is 4.10.